The lowest BCUT2D eigenvalue weighted by atomic mass is 10.0. The topological polar surface area (TPSA) is 72.8 Å². The highest BCUT2D eigenvalue weighted by molar-refractivity contribution is 8.03. The van der Waals surface area contributed by atoms with Crippen molar-refractivity contribution in [2.45, 2.75) is 22.1 Å². The van der Waals surface area contributed by atoms with Crippen LogP contribution in [-0.2, 0) is 19.8 Å². The molecule has 0 aliphatic rings. The second-order valence-corrected chi connectivity index (χ2v) is 11.0. The van der Waals surface area contributed by atoms with Gasteiger partial charge in [0.2, 0.25) is 0 Å². The van der Waals surface area contributed by atoms with Crippen LogP contribution >= 0.6 is 0 Å². The summed E-state index contributed by atoms with van der Waals surface area (Å²) in [5, 5.41) is 0. The van der Waals surface area contributed by atoms with Gasteiger partial charge in [-0.1, -0.05) is 66.7 Å². The molecular weight excluding hydrogens is 475 g/mol. The van der Waals surface area contributed by atoms with Crippen molar-refractivity contribution in [1.29, 1.82) is 0 Å². The van der Waals surface area contributed by atoms with E-state index in [9.17, 15) is 25.8 Å². The number of hydrogen-bond acceptors (Lipinski definition) is 4. The molecule has 0 heterocycles. The van der Waals surface area contributed by atoms with Crippen molar-refractivity contribution in [3.05, 3.63) is 103 Å². The Hall–Kier alpha value is -3.11. The Bertz CT molecular complexity index is 1330. The molecule has 0 bridgehead atoms. The lowest BCUT2D eigenvalue weighted by Crippen LogP contribution is -2.19. The molecule has 3 aromatic carbocycles. The first-order valence-corrected chi connectivity index (χ1v) is 12.7. The van der Waals surface area contributed by atoms with Gasteiger partial charge in [0, 0.05) is 16.6 Å². The van der Waals surface area contributed by atoms with Crippen LogP contribution in [0.1, 0.15) is 11.5 Å². The molecule has 3 aromatic rings. The third-order valence-corrected chi connectivity index (χ3v) is 9.06. The summed E-state index contributed by atoms with van der Waals surface area (Å²) < 4.78 is 86.2. The maximum Gasteiger partial charge on any atom is 0.573 e. The Morgan fingerprint density at radius 1 is 0.879 bits per heavy atom. The average molecular weight is 496 g/mol. The van der Waals surface area contributed by atoms with Crippen LogP contribution in [0.3, 0.4) is 0 Å². The fourth-order valence-corrected chi connectivity index (χ4v) is 7.50. The minimum absolute atomic E-state index is 0.130. The summed E-state index contributed by atoms with van der Waals surface area (Å²) in [5.74, 6) is -1.72. The Morgan fingerprint density at radius 3 is 2.00 bits per heavy atom. The van der Waals surface area contributed by atoms with E-state index in [4.69, 9.17) is 0 Å². The van der Waals surface area contributed by atoms with Crippen molar-refractivity contribution in [2.75, 3.05) is 5.75 Å². The average Bonchev–Trinajstić information content (AvgIpc) is 2.77. The first-order valence-electron chi connectivity index (χ1n) is 9.62. The summed E-state index contributed by atoms with van der Waals surface area (Å²) in [6, 6.07) is 20.8. The Morgan fingerprint density at radius 2 is 1.42 bits per heavy atom. The van der Waals surface area contributed by atoms with Crippen LogP contribution in [0.4, 0.5) is 13.2 Å². The van der Waals surface area contributed by atoms with Gasteiger partial charge in [-0.3, -0.25) is 0 Å². The molecule has 0 aliphatic heterocycles. The van der Waals surface area contributed by atoms with Crippen molar-refractivity contribution in [2.24, 2.45) is 3.77 Å². The maximum atomic E-state index is 14.1. The Kier molecular flexibility index (Phi) is 7.28. The van der Waals surface area contributed by atoms with E-state index in [2.05, 4.69) is 15.1 Å². The summed E-state index contributed by atoms with van der Waals surface area (Å²) in [4.78, 5) is -0.702. The molecule has 0 saturated heterocycles. The summed E-state index contributed by atoms with van der Waals surface area (Å²) in [6.45, 7) is 3.76. The highest BCUT2D eigenvalue weighted by atomic mass is 32.3. The molecule has 2 atom stereocenters. The largest absolute Gasteiger partial charge is 0.573 e. The molecular formula is C23H20F3NO4S2. The maximum absolute atomic E-state index is 14.1. The van der Waals surface area contributed by atoms with Crippen molar-refractivity contribution >= 4 is 19.8 Å². The Labute approximate surface area is 190 Å². The van der Waals surface area contributed by atoms with E-state index in [1.54, 1.807) is 48.5 Å². The van der Waals surface area contributed by atoms with Crippen LogP contribution in [-0.4, -0.2) is 24.7 Å². The fourth-order valence-electron chi connectivity index (χ4n) is 3.12. The number of ether oxygens (including phenoxy) is 1. The highest BCUT2D eigenvalue weighted by Crippen LogP contribution is 2.33. The van der Waals surface area contributed by atoms with E-state index in [0.717, 1.165) is 17.7 Å². The molecule has 174 valence electrons. The second kappa shape index (κ2) is 9.80. The normalized spacial score (nSPS) is 14.6. The zero-order valence-electron chi connectivity index (χ0n) is 17.2. The molecule has 0 saturated carbocycles. The van der Waals surface area contributed by atoms with E-state index in [0.29, 0.717) is 0 Å². The monoisotopic (exact) mass is 495 g/mol. The first kappa shape index (κ1) is 24.5. The number of halogens is 3. The number of alkyl halides is 3. The number of para-hydroxylation sites is 1. The summed E-state index contributed by atoms with van der Waals surface area (Å²) >= 11 is 0. The van der Waals surface area contributed by atoms with Crippen LogP contribution < -0.4 is 4.74 Å². The number of benzene rings is 3. The van der Waals surface area contributed by atoms with E-state index < -0.39 is 42.7 Å². The van der Waals surface area contributed by atoms with Crippen LogP contribution in [0.25, 0.3) is 0 Å². The fraction of sp³-hybridized carbons (Fsp3) is 0.130. The van der Waals surface area contributed by atoms with E-state index in [-0.39, 0.29) is 10.6 Å². The quantitative estimate of drug-likeness (QED) is 0.372. The predicted octanol–water partition coefficient (Wildman–Crippen LogP) is 5.77. The molecule has 0 amide bonds. The predicted molar refractivity (Wildman–Crippen MR) is 120 cm³/mol. The molecule has 0 radical (unpaired) electrons. The number of sulfonamides is 1. The van der Waals surface area contributed by atoms with Crippen molar-refractivity contribution in [3.8, 4) is 5.75 Å². The van der Waals surface area contributed by atoms with Gasteiger partial charge in [-0.15, -0.1) is 23.5 Å². The van der Waals surface area contributed by atoms with Gasteiger partial charge in [0.15, 0.2) is 0 Å². The van der Waals surface area contributed by atoms with Gasteiger partial charge in [0.1, 0.15) is 10.6 Å². The SMILES string of the molecule is C=C[C@H](CS(=O)(=NS(=O)(=O)c1ccccc1OC(F)(F)F)c1ccccc1)c1ccccc1. The summed E-state index contributed by atoms with van der Waals surface area (Å²) in [5.41, 5.74) is 0.740. The number of hydrogen-bond donors (Lipinski definition) is 0. The van der Waals surface area contributed by atoms with Gasteiger partial charge in [0.05, 0.1) is 9.73 Å². The zero-order valence-corrected chi connectivity index (χ0v) is 18.8. The third-order valence-electron chi connectivity index (χ3n) is 4.60. The first-order chi connectivity index (χ1) is 15.5. The second-order valence-electron chi connectivity index (χ2n) is 6.92. The molecule has 10 heteroatoms. The smallest absolute Gasteiger partial charge is 0.404 e. The van der Waals surface area contributed by atoms with Gasteiger partial charge < -0.3 is 4.74 Å². The van der Waals surface area contributed by atoms with Gasteiger partial charge in [0.25, 0.3) is 10.0 Å². The molecule has 1 unspecified atom stereocenters. The van der Waals surface area contributed by atoms with Gasteiger partial charge >= 0.3 is 6.36 Å². The van der Waals surface area contributed by atoms with E-state index in [1.807, 2.05) is 0 Å². The Balaban J connectivity index is 2.17. The zero-order chi connectivity index (χ0) is 24.1. The molecule has 0 aromatic heterocycles. The van der Waals surface area contributed by atoms with Gasteiger partial charge in [-0.2, -0.15) is 8.42 Å². The summed E-state index contributed by atoms with van der Waals surface area (Å²) in [6.07, 6.45) is -3.59. The number of rotatable bonds is 8. The number of allylic oxidation sites excluding steroid dienone is 1. The van der Waals surface area contributed by atoms with Gasteiger partial charge in [-0.25, -0.2) is 4.21 Å². The van der Waals surface area contributed by atoms with Crippen LogP contribution in [0.2, 0.25) is 0 Å². The van der Waals surface area contributed by atoms with Crippen molar-refractivity contribution in [1.82, 2.24) is 0 Å². The van der Waals surface area contributed by atoms with Crippen molar-refractivity contribution < 1.29 is 30.5 Å². The van der Waals surface area contributed by atoms with E-state index >= 15 is 0 Å². The standard InChI is InChI=1S/C23H20F3NO4S2/c1-2-18(19-11-5-3-6-12-19)17-32(28,20-13-7-4-8-14-20)27-33(29,30)22-16-10-9-15-21(22)31-23(24,25)26/h2-16,18H,1,17H2/t18-,32?/m1/s1. The van der Waals surface area contributed by atoms with E-state index in [1.165, 1.54) is 30.3 Å². The minimum atomic E-state index is -5.12. The minimum Gasteiger partial charge on any atom is -0.404 e. The van der Waals surface area contributed by atoms with Crippen molar-refractivity contribution in [3.63, 3.8) is 0 Å². The molecule has 0 aliphatic carbocycles. The third kappa shape index (κ3) is 6.23. The number of nitrogens with zero attached hydrogens (tertiary/aromatic N) is 1. The lowest BCUT2D eigenvalue weighted by molar-refractivity contribution is -0.275. The van der Waals surface area contributed by atoms with Crippen LogP contribution in [0, 0.1) is 0 Å². The lowest BCUT2D eigenvalue weighted by Gasteiger charge is -2.18. The molecule has 33 heavy (non-hydrogen) atoms. The van der Waals surface area contributed by atoms with Crippen LogP contribution in [0.5, 0.6) is 5.75 Å². The van der Waals surface area contributed by atoms with Gasteiger partial charge in [-0.05, 0) is 29.8 Å². The summed E-state index contributed by atoms with van der Waals surface area (Å²) in [7, 11) is -8.48. The highest BCUT2D eigenvalue weighted by Gasteiger charge is 2.34. The molecule has 5 nitrogen and oxygen atoms in total. The molecule has 3 rings (SSSR count). The van der Waals surface area contributed by atoms with Crippen LogP contribution in [0.15, 0.2) is 111 Å². The molecule has 0 N–H and O–H groups in total. The molecule has 0 spiro atoms. The molecule has 0 fully saturated rings.